The molecule has 150 valence electrons. The van der Waals surface area contributed by atoms with E-state index in [1.54, 1.807) is 13.4 Å². The number of aryl methyl sites for hydroxylation is 2. The Morgan fingerprint density at radius 1 is 1.03 bits per heavy atom. The fraction of sp³-hybridized carbons (Fsp3) is 0.208. The smallest absolute Gasteiger partial charge is 0.137 e. The lowest BCUT2D eigenvalue weighted by molar-refractivity contribution is 0.415. The number of imidazole rings is 1. The van der Waals surface area contributed by atoms with Gasteiger partial charge in [-0.15, -0.1) is 0 Å². The molecule has 0 radical (unpaired) electrons. The fourth-order valence-corrected chi connectivity index (χ4v) is 4.03. The van der Waals surface area contributed by atoms with Gasteiger partial charge in [-0.25, -0.2) is 15.0 Å². The van der Waals surface area contributed by atoms with Crippen molar-refractivity contribution in [1.29, 1.82) is 0 Å². The van der Waals surface area contributed by atoms with Crippen LogP contribution in [0.25, 0.3) is 22.5 Å². The van der Waals surface area contributed by atoms with E-state index in [0.717, 1.165) is 64.0 Å². The van der Waals surface area contributed by atoms with Crippen LogP contribution in [0, 0.1) is 6.92 Å². The highest BCUT2D eigenvalue weighted by Gasteiger charge is 2.21. The Kier molecular flexibility index (Phi) is 4.47. The summed E-state index contributed by atoms with van der Waals surface area (Å²) in [6.45, 7) is 2.01. The third-order valence-electron chi connectivity index (χ3n) is 5.80. The van der Waals surface area contributed by atoms with Crippen LogP contribution in [0.3, 0.4) is 0 Å². The lowest BCUT2D eigenvalue weighted by atomic mass is 9.89. The highest BCUT2D eigenvalue weighted by atomic mass is 16.5. The van der Waals surface area contributed by atoms with Gasteiger partial charge in [0, 0.05) is 29.4 Å². The zero-order chi connectivity index (χ0) is 20.7. The standard InChI is InChI=1S/C24H23N5O/c1-15-25-13-22(29(15)2)17-5-4-6-18(11-17)28-24-20-10-8-16-7-9-19(30-3)12-21(16)23(20)26-14-27-24/h4-7,9,11-14H,8,10H2,1-3H3,(H,26,27,28). The molecule has 2 heterocycles. The molecular formula is C24H23N5O. The molecule has 5 rings (SSSR count). The molecule has 0 bridgehead atoms. The summed E-state index contributed by atoms with van der Waals surface area (Å²) in [4.78, 5) is 13.6. The molecule has 1 aliphatic carbocycles. The highest BCUT2D eigenvalue weighted by molar-refractivity contribution is 5.77. The minimum absolute atomic E-state index is 0.842. The predicted molar refractivity (Wildman–Crippen MR) is 118 cm³/mol. The van der Waals surface area contributed by atoms with Gasteiger partial charge in [-0.1, -0.05) is 18.2 Å². The van der Waals surface area contributed by atoms with Gasteiger partial charge in [-0.2, -0.15) is 0 Å². The van der Waals surface area contributed by atoms with Gasteiger partial charge < -0.3 is 14.6 Å². The van der Waals surface area contributed by atoms with Crippen molar-refractivity contribution in [3.63, 3.8) is 0 Å². The Balaban J connectivity index is 1.52. The molecule has 0 spiro atoms. The van der Waals surface area contributed by atoms with Crippen molar-refractivity contribution in [2.24, 2.45) is 7.05 Å². The van der Waals surface area contributed by atoms with Crippen molar-refractivity contribution in [1.82, 2.24) is 19.5 Å². The van der Waals surface area contributed by atoms with Crippen LogP contribution in [-0.4, -0.2) is 26.6 Å². The Hall–Kier alpha value is -3.67. The number of hydrogen-bond acceptors (Lipinski definition) is 5. The third-order valence-corrected chi connectivity index (χ3v) is 5.80. The summed E-state index contributed by atoms with van der Waals surface area (Å²) in [6, 6.07) is 14.5. The van der Waals surface area contributed by atoms with Crippen LogP contribution >= 0.6 is 0 Å². The number of rotatable bonds is 4. The Morgan fingerprint density at radius 3 is 2.73 bits per heavy atom. The van der Waals surface area contributed by atoms with Crippen LogP contribution in [0.1, 0.15) is 17.0 Å². The SMILES string of the molecule is COc1ccc2c(c1)-c1ncnc(Nc3cccc(-c4cnc(C)n4C)c3)c1CC2. The zero-order valence-electron chi connectivity index (χ0n) is 17.3. The van der Waals surface area contributed by atoms with E-state index in [4.69, 9.17) is 4.74 Å². The van der Waals surface area contributed by atoms with Crippen LogP contribution in [0.5, 0.6) is 5.75 Å². The number of methoxy groups -OCH3 is 1. The van der Waals surface area contributed by atoms with Crippen LogP contribution in [-0.2, 0) is 19.9 Å². The second-order valence-corrected chi connectivity index (χ2v) is 7.53. The number of nitrogens with zero attached hydrogens (tertiary/aromatic N) is 4. The average Bonchev–Trinajstić information content (AvgIpc) is 3.12. The molecule has 6 heteroatoms. The summed E-state index contributed by atoms with van der Waals surface area (Å²) in [7, 11) is 3.72. The molecule has 0 saturated heterocycles. The van der Waals surface area contributed by atoms with Gasteiger partial charge in [-0.3, -0.25) is 0 Å². The summed E-state index contributed by atoms with van der Waals surface area (Å²) < 4.78 is 7.51. The number of nitrogens with one attached hydrogen (secondary N) is 1. The number of hydrogen-bond donors (Lipinski definition) is 1. The molecule has 2 aromatic heterocycles. The largest absolute Gasteiger partial charge is 0.497 e. The molecular weight excluding hydrogens is 374 g/mol. The molecule has 0 amide bonds. The summed E-state index contributed by atoms with van der Waals surface area (Å²) in [6.07, 6.45) is 5.40. The first kappa shape index (κ1) is 18.4. The number of aromatic nitrogens is 4. The van der Waals surface area contributed by atoms with Gasteiger partial charge in [0.2, 0.25) is 0 Å². The fourth-order valence-electron chi connectivity index (χ4n) is 4.03. The lowest BCUT2D eigenvalue weighted by Crippen LogP contribution is -2.10. The van der Waals surface area contributed by atoms with Gasteiger partial charge >= 0.3 is 0 Å². The van der Waals surface area contributed by atoms with Gasteiger partial charge in [0.15, 0.2) is 0 Å². The molecule has 4 aromatic rings. The van der Waals surface area contributed by atoms with Crippen LogP contribution in [0.4, 0.5) is 11.5 Å². The maximum atomic E-state index is 5.42. The van der Waals surface area contributed by atoms with Gasteiger partial charge in [0.25, 0.3) is 0 Å². The van der Waals surface area contributed by atoms with Crippen molar-refractivity contribution in [3.05, 3.63) is 71.9 Å². The molecule has 0 aliphatic heterocycles. The van der Waals surface area contributed by atoms with E-state index >= 15 is 0 Å². The first-order valence-corrected chi connectivity index (χ1v) is 10.0. The summed E-state index contributed by atoms with van der Waals surface area (Å²) >= 11 is 0. The van der Waals surface area contributed by atoms with Gasteiger partial charge in [0.1, 0.15) is 23.7 Å². The van der Waals surface area contributed by atoms with Crippen LogP contribution in [0.2, 0.25) is 0 Å². The first-order chi connectivity index (χ1) is 14.6. The second-order valence-electron chi connectivity index (χ2n) is 7.53. The Bertz CT molecular complexity index is 1240. The topological polar surface area (TPSA) is 64.9 Å². The van der Waals surface area contributed by atoms with Crippen molar-refractivity contribution in [2.75, 3.05) is 12.4 Å². The van der Waals surface area contributed by atoms with Crippen molar-refractivity contribution in [2.45, 2.75) is 19.8 Å². The van der Waals surface area contributed by atoms with E-state index in [0.29, 0.717) is 0 Å². The number of fused-ring (bicyclic) bond motifs is 3. The van der Waals surface area contributed by atoms with E-state index in [1.165, 1.54) is 5.56 Å². The first-order valence-electron chi connectivity index (χ1n) is 10.0. The number of benzene rings is 2. The summed E-state index contributed by atoms with van der Waals surface area (Å²) in [5.41, 5.74) is 7.72. The van der Waals surface area contributed by atoms with Crippen molar-refractivity contribution >= 4 is 11.5 Å². The summed E-state index contributed by atoms with van der Waals surface area (Å²) in [5.74, 6) is 2.68. The molecule has 6 nitrogen and oxygen atoms in total. The quantitative estimate of drug-likeness (QED) is 0.541. The Morgan fingerprint density at radius 2 is 1.93 bits per heavy atom. The van der Waals surface area contributed by atoms with E-state index < -0.39 is 0 Å². The molecule has 1 N–H and O–H groups in total. The normalized spacial score (nSPS) is 12.2. The van der Waals surface area contributed by atoms with E-state index in [2.05, 4.69) is 55.2 Å². The minimum Gasteiger partial charge on any atom is -0.497 e. The zero-order valence-corrected chi connectivity index (χ0v) is 17.3. The van der Waals surface area contributed by atoms with Gasteiger partial charge in [-0.05, 0) is 49.6 Å². The molecule has 30 heavy (non-hydrogen) atoms. The third kappa shape index (κ3) is 3.10. The second kappa shape index (κ2) is 7.30. The van der Waals surface area contributed by atoms with Gasteiger partial charge in [0.05, 0.1) is 24.7 Å². The van der Waals surface area contributed by atoms with Crippen LogP contribution in [0.15, 0.2) is 55.0 Å². The van der Waals surface area contributed by atoms with Crippen molar-refractivity contribution in [3.8, 4) is 28.3 Å². The highest BCUT2D eigenvalue weighted by Crippen LogP contribution is 2.37. The number of ether oxygens (including phenoxy) is 1. The molecule has 0 unspecified atom stereocenters. The predicted octanol–water partition coefficient (Wildman–Crippen LogP) is 4.70. The molecule has 0 fully saturated rings. The Labute approximate surface area is 175 Å². The van der Waals surface area contributed by atoms with E-state index in [-0.39, 0.29) is 0 Å². The number of anilines is 2. The molecule has 1 aliphatic rings. The minimum atomic E-state index is 0.842. The maximum absolute atomic E-state index is 5.42. The van der Waals surface area contributed by atoms with Crippen LogP contribution < -0.4 is 10.1 Å². The molecule has 2 aromatic carbocycles. The van der Waals surface area contributed by atoms with Crippen molar-refractivity contribution < 1.29 is 4.74 Å². The molecule has 0 atom stereocenters. The molecule has 0 saturated carbocycles. The maximum Gasteiger partial charge on any atom is 0.137 e. The average molecular weight is 397 g/mol. The summed E-state index contributed by atoms with van der Waals surface area (Å²) in [5, 5.41) is 3.52. The van der Waals surface area contributed by atoms with E-state index in [1.807, 2.05) is 32.3 Å². The van der Waals surface area contributed by atoms with E-state index in [9.17, 15) is 0 Å². The monoisotopic (exact) mass is 397 g/mol. The lowest BCUT2D eigenvalue weighted by Gasteiger charge is -2.21.